The molecule has 2 aromatic carbocycles. The minimum absolute atomic E-state index is 0.0117. The van der Waals surface area contributed by atoms with Gasteiger partial charge in [-0.3, -0.25) is 4.79 Å². The van der Waals surface area contributed by atoms with Crippen molar-refractivity contribution < 1.29 is 31.1 Å². The lowest BCUT2D eigenvalue weighted by molar-refractivity contribution is -0.138. The van der Waals surface area contributed by atoms with E-state index in [0.717, 1.165) is 17.7 Å². The molecule has 1 heterocycles. The molecule has 0 aliphatic carbocycles. The van der Waals surface area contributed by atoms with E-state index in [4.69, 9.17) is 11.6 Å². The number of carbonyl (C=O) groups excluding carboxylic acids is 1. The van der Waals surface area contributed by atoms with E-state index in [9.17, 15) is 31.1 Å². The van der Waals surface area contributed by atoms with E-state index in [2.05, 4.69) is 4.98 Å². The Balaban J connectivity index is 1.92. The average Bonchev–Trinajstić information content (AvgIpc) is 2.79. The monoisotopic (exact) mass is 542 g/mol. The first-order chi connectivity index (χ1) is 17.0. The number of aromatic nitrogens is 1. The second-order valence-corrected chi connectivity index (χ2v) is 10.1. The van der Waals surface area contributed by atoms with Gasteiger partial charge in [-0.15, -0.1) is 0 Å². The zero-order valence-electron chi connectivity index (χ0n) is 20.3. The summed E-state index contributed by atoms with van der Waals surface area (Å²) in [7, 11) is 0. The van der Waals surface area contributed by atoms with Gasteiger partial charge < -0.3 is 4.90 Å². The van der Waals surface area contributed by atoms with E-state index in [1.54, 1.807) is 12.1 Å². The number of pyridine rings is 1. The van der Waals surface area contributed by atoms with Crippen molar-refractivity contribution in [3.05, 3.63) is 99.3 Å². The molecule has 0 atom stereocenters. The molecule has 0 N–H and O–H groups in total. The Morgan fingerprint density at radius 2 is 1.43 bits per heavy atom. The summed E-state index contributed by atoms with van der Waals surface area (Å²) >= 11 is 5.77. The molecule has 198 valence electrons. The van der Waals surface area contributed by atoms with E-state index in [1.165, 1.54) is 17.0 Å². The highest BCUT2D eigenvalue weighted by Gasteiger charge is 2.33. The van der Waals surface area contributed by atoms with Gasteiger partial charge in [-0.2, -0.15) is 26.3 Å². The number of alkyl halides is 6. The second-order valence-electron chi connectivity index (χ2n) is 9.68. The molecule has 0 bridgehead atoms. The van der Waals surface area contributed by atoms with Gasteiger partial charge in [0.05, 0.1) is 11.1 Å². The lowest BCUT2D eigenvalue weighted by Crippen LogP contribution is -2.33. The van der Waals surface area contributed by atoms with Crippen molar-refractivity contribution in [2.75, 3.05) is 6.54 Å². The van der Waals surface area contributed by atoms with E-state index >= 15 is 0 Å². The maximum absolute atomic E-state index is 13.3. The summed E-state index contributed by atoms with van der Waals surface area (Å²) in [6, 6.07) is 13.3. The molecule has 0 fully saturated rings. The summed E-state index contributed by atoms with van der Waals surface area (Å²) in [6.45, 7) is 6.07. The van der Waals surface area contributed by atoms with Crippen LogP contribution in [0.3, 0.4) is 0 Å². The zero-order chi connectivity index (χ0) is 27.6. The average molecular weight is 543 g/mol. The van der Waals surface area contributed by atoms with Gasteiger partial charge in [0.2, 0.25) is 0 Å². The van der Waals surface area contributed by atoms with Crippen molar-refractivity contribution in [2.24, 2.45) is 0 Å². The molecule has 3 nitrogen and oxygen atoms in total. The number of benzene rings is 2. The number of hydrogen-bond donors (Lipinski definition) is 0. The SMILES string of the molecule is CC(C)(C)c1ccc(CN(CCc2cccc(C(F)(F)F)c2)C(=O)c2cc(C(F)(F)F)cc(Cl)n2)cc1. The fourth-order valence-electron chi connectivity index (χ4n) is 3.68. The minimum atomic E-state index is -4.74. The molecule has 37 heavy (non-hydrogen) atoms. The summed E-state index contributed by atoms with van der Waals surface area (Å²) in [5.74, 6) is -0.820. The van der Waals surface area contributed by atoms with Crippen LogP contribution in [0.15, 0.2) is 60.7 Å². The van der Waals surface area contributed by atoms with Gasteiger partial charge in [0.1, 0.15) is 10.8 Å². The topological polar surface area (TPSA) is 33.2 Å². The van der Waals surface area contributed by atoms with Crippen LogP contribution < -0.4 is 0 Å². The fraction of sp³-hybridized carbons (Fsp3) is 0.333. The van der Waals surface area contributed by atoms with Gasteiger partial charge in [0.25, 0.3) is 5.91 Å². The Morgan fingerprint density at radius 1 is 0.811 bits per heavy atom. The van der Waals surface area contributed by atoms with Crippen molar-refractivity contribution >= 4 is 17.5 Å². The van der Waals surface area contributed by atoms with Gasteiger partial charge in [0.15, 0.2) is 0 Å². The maximum atomic E-state index is 13.3. The fourth-order valence-corrected chi connectivity index (χ4v) is 3.89. The molecule has 0 saturated heterocycles. The third-order valence-corrected chi connectivity index (χ3v) is 5.94. The molecule has 1 aromatic heterocycles. The van der Waals surface area contributed by atoms with E-state index in [1.807, 2.05) is 32.9 Å². The zero-order valence-corrected chi connectivity index (χ0v) is 21.1. The Kier molecular flexibility index (Phi) is 8.27. The van der Waals surface area contributed by atoms with Crippen molar-refractivity contribution in [2.45, 2.75) is 51.5 Å². The highest BCUT2D eigenvalue weighted by molar-refractivity contribution is 6.29. The standard InChI is InChI=1S/C27H25ClF6N2O/c1-25(2,3)19-9-7-18(8-10-19)16-36(12-11-17-5-4-6-20(13-17)26(29,30)31)24(37)22-14-21(27(32,33)34)15-23(28)35-22/h4-10,13-15H,11-12,16H2,1-3H3. The largest absolute Gasteiger partial charge is 0.416 e. The van der Waals surface area contributed by atoms with Gasteiger partial charge in [-0.1, -0.05) is 74.8 Å². The van der Waals surface area contributed by atoms with E-state index in [-0.39, 0.29) is 24.9 Å². The highest BCUT2D eigenvalue weighted by Crippen LogP contribution is 2.32. The maximum Gasteiger partial charge on any atom is 0.416 e. The molecule has 0 radical (unpaired) electrons. The summed E-state index contributed by atoms with van der Waals surface area (Å²) in [6.07, 6.45) is -9.23. The van der Waals surface area contributed by atoms with E-state index < -0.39 is 40.2 Å². The number of amides is 1. The molecular formula is C27H25ClF6N2O. The number of hydrogen-bond acceptors (Lipinski definition) is 2. The quantitative estimate of drug-likeness (QED) is 0.234. The van der Waals surface area contributed by atoms with Crippen molar-refractivity contribution in [1.29, 1.82) is 0 Å². The number of nitrogens with zero attached hydrogens (tertiary/aromatic N) is 2. The van der Waals surface area contributed by atoms with Crippen LogP contribution >= 0.6 is 11.6 Å². The van der Waals surface area contributed by atoms with E-state index in [0.29, 0.717) is 23.3 Å². The first kappa shape index (κ1) is 28.5. The molecule has 0 unspecified atom stereocenters. The molecule has 0 spiro atoms. The van der Waals surface area contributed by atoms with Gasteiger partial charge in [-0.25, -0.2) is 4.98 Å². The van der Waals surface area contributed by atoms with Crippen LogP contribution in [0.5, 0.6) is 0 Å². The lowest BCUT2D eigenvalue weighted by atomic mass is 9.87. The molecule has 3 rings (SSSR count). The minimum Gasteiger partial charge on any atom is -0.333 e. The van der Waals surface area contributed by atoms with Crippen molar-refractivity contribution in [3.8, 4) is 0 Å². The normalized spacial score (nSPS) is 12.5. The third kappa shape index (κ3) is 7.71. The number of rotatable bonds is 6. The van der Waals surface area contributed by atoms with Crippen molar-refractivity contribution in [1.82, 2.24) is 9.88 Å². The van der Waals surface area contributed by atoms with Crippen LogP contribution in [-0.2, 0) is 30.7 Å². The Bertz CT molecular complexity index is 1250. The first-order valence-electron chi connectivity index (χ1n) is 11.3. The second kappa shape index (κ2) is 10.7. The van der Waals surface area contributed by atoms with Gasteiger partial charge in [0, 0.05) is 13.1 Å². The summed E-state index contributed by atoms with van der Waals surface area (Å²) in [4.78, 5) is 18.3. The van der Waals surface area contributed by atoms with Gasteiger partial charge >= 0.3 is 12.4 Å². The van der Waals surface area contributed by atoms with Crippen LogP contribution in [0, 0.1) is 0 Å². The first-order valence-corrected chi connectivity index (χ1v) is 11.7. The van der Waals surface area contributed by atoms with Crippen LogP contribution in [0.1, 0.15) is 59.1 Å². The molecule has 0 aliphatic rings. The molecule has 0 aliphatic heterocycles. The smallest absolute Gasteiger partial charge is 0.333 e. The molecule has 0 saturated carbocycles. The molecule has 3 aromatic rings. The summed E-state index contributed by atoms with van der Waals surface area (Å²) in [5, 5.41) is -0.495. The van der Waals surface area contributed by atoms with Crippen molar-refractivity contribution in [3.63, 3.8) is 0 Å². The predicted octanol–water partition coefficient (Wildman–Crippen LogP) is 7.96. The lowest BCUT2D eigenvalue weighted by Gasteiger charge is -2.24. The van der Waals surface area contributed by atoms with Crippen LogP contribution in [0.4, 0.5) is 26.3 Å². The molecular weight excluding hydrogens is 518 g/mol. The third-order valence-electron chi connectivity index (χ3n) is 5.75. The van der Waals surface area contributed by atoms with Gasteiger partial charge in [-0.05, 0) is 46.7 Å². The highest BCUT2D eigenvalue weighted by atomic mass is 35.5. The van der Waals surface area contributed by atoms with Crippen LogP contribution in [0.2, 0.25) is 5.15 Å². The Labute approximate surface area is 216 Å². The van der Waals surface area contributed by atoms with Crippen LogP contribution in [-0.4, -0.2) is 22.3 Å². The predicted molar refractivity (Wildman–Crippen MR) is 129 cm³/mol. The molecule has 1 amide bonds. The summed E-state index contributed by atoms with van der Waals surface area (Å²) < 4.78 is 79.2. The van der Waals surface area contributed by atoms with Crippen LogP contribution in [0.25, 0.3) is 0 Å². The summed E-state index contributed by atoms with van der Waals surface area (Å²) in [5.41, 5.74) is -0.500. The Morgan fingerprint density at radius 3 is 2.00 bits per heavy atom. The molecule has 10 heteroatoms. The Hall–Kier alpha value is -3.07. The number of carbonyl (C=O) groups is 1. The number of halogens is 7.